The van der Waals surface area contributed by atoms with Gasteiger partial charge in [0.15, 0.2) is 5.16 Å². The maximum atomic E-state index is 12.1. The van der Waals surface area contributed by atoms with Crippen molar-refractivity contribution < 1.29 is 4.79 Å². The zero-order valence-electron chi connectivity index (χ0n) is 12.8. The number of carbonyl (C=O) groups is 1. The number of aromatic nitrogens is 3. The van der Waals surface area contributed by atoms with Crippen molar-refractivity contribution in [1.82, 2.24) is 14.8 Å². The average Bonchev–Trinajstić information content (AvgIpc) is 2.90. The van der Waals surface area contributed by atoms with Crippen LogP contribution in [0.2, 0.25) is 0 Å². The molecule has 118 valence electrons. The number of nitrogens with zero attached hydrogens (tertiary/aromatic N) is 3. The summed E-state index contributed by atoms with van der Waals surface area (Å²) in [5.74, 6) is 1.57. The van der Waals surface area contributed by atoms with Gasteiger partial charge in [-0.1, -0.05) is 37.7 Å². The zero-order chi connectivity index (χ0) is 16.1. The van der Waals surface area contributed by atoms with Crippen molar-refractivity contribution in [2.75, 3.05) is 11.1 Å². The first-order valence-corrected chi connectivity index (χ1v) is 9.19. The Bertz CT molecular complexity index is 657. The maximum absolute atomic E-state index is 12.1. The Hall–Kier alpha value is -1.09. The van der Waals surface area contributed by atoms with Crippen molar-refractivity contribution in [3.63, 3.8) is 0 Å². The van der Waals surface area contributed by atoms with Gasteiger partial charge < -0.3 is 9.88 Å². The monoisotopic (exact) mass is 430 g/mol. The lowest BCUT2D eigenvalue weighted by molar-refractivity contribution is -0.113. The molecule has 22 heavy (non-hydrogen) atoms. The molecule has 0 atom stereocenters. The molecule has 0 spiro atoms. The van der Waals surface area contributed by atoms with E-state index in [1.165, 1.54) is 11.8 Å². The molecule has 1 aromatic carbocycles. The molecular formula is C15H19IN4OS. The molecule has 2 rings (SSSR count). The number of nitrogens with one attached hydrogen (secondary N) is 1. The van der Waals surface area contributed by atoms with Gasteiger partial charge in [-0.3, -0.25) is 4.79 Å². The predicted octanol–water partition coefficient (Wildman–Crippen LogP) is 3.76. The van der Waals surface area contributed by atoms with Gasteiger partial charge in [0, 0.05) is 16.0 Å². The highest BCUT2D eigenvalue weighted by molar-refractivity contribution is 14.1. The molecule has 1 amide bonds. The van der Waals surface area contributed by atoms with E-state index in [0.717, 1.165) is 26.8 Å². The summed E-state index contributed by atoms with van der Waals surface area (Å²) in [6.07, 6.45) is 0. The summed E-state index contributed by atoms with van der Waals surface area (Å²) in [6, 6.07) is 7.72. The summed E-state index contributed by atoms with van der Waals surface area (Å²) in [7, 11) is 0. The van der Waals surface area contributed by atoms with Gasteiger partial charge in [0.25, 0.3) is 0 Å². The van der Waals surface area contributed by atoms with Gasteiger partial charge in [0.1, 0.15) is 5.82 Å². The minimum absolute atomic E-state index is 0.0362. The fourth-order valence-corrected chi connectivity index (χ4v) is 3.34. The average molecular weight is 430 g/mol. The molecule has 0 aliphatic carbocycles. The Kier molecular flexibility index (Phi) is 6.25. The van der Waals surface area contributed by atoms with Gasteiger partial charge in [-0.15, -0.1) is 10.2 Å². The van der Waals surface area contributed by atoms with Crippen LogP contribution < -0.4 is 5.32 Å². The fraction of sp³-hybridized carbons (Fsp3) is 0.400. The summed E-state index contributed by atoms with van der Waals surface area (Å²) < 4.78 is 3.09. The van der Waals surface area contributed by atoms with Gasteiger partial charge in [0.2, 0.25) is 5.91 Å². The molecule has 0 radical (unpaired) electrons. The molecule has 2 aromatic rings. The molecule has 5 nitrogen and oxygen atoms in total. The van der Waals surface area contributed by atoms with Crippen LogP contribution in [0.1, 0.15) is 32.5 Å². The Morgan fingerprint density at radius 1 is 1.36 bits per heavy atom. The second kappa shape index (κ2) is 7.96. The number of para-hydroxylation sites is 1. The third kappa shape index (κ3) is 4.22. The highest BCUT2D eigenvalue weighted by Crippen LogP contribution is 2.22. The summed E-state index contributed by atoms with van der Waals surface area (Å²) in [6.45, 7) is 7.05. The summed E-state index contributed by atoms with van der Waals surface area (Å²) in [5.41, 5.74) is 0.841. The summed E-state index contributed by atoms with van der Waals surface area (Å²) in [5, 5.41) is 12.1. The van der Waals surface area contributed by atoms with Gasteiger partial charge in [-0.2, -0.15) is 0 Å². The molecule has 0 fully saturated rings. The van der Waals surface area contributed by atoms with Gasteiger partial charge >= 0.3 is 0 Å². The largest absolute Gasteiger partial charge is 0.324 e. The van der Waals surface area contributed by atoms with Gasteiger partial charge in [0.05, 0.1) is 11.4 Å². The third-order valence-corrected chi connectivity index (χ3v) is 4.97. The van der Waals surface area contributed by atoms with Crippen LogP contribution in [0.15, 0.2) is 29.4 Å². The second-order valence-corrected chi connectivity index (χ2v) is 7.16. The van der Waals surface area contributed by atoms with Crippen LogP contribution in [0, 0.1) is 3.57 Å². The Labute approximate surface area is 148 Å². The predicted molar refractivity (Wildman–Crippen MR) is 98.3 cm³/mol. The number of thioether (sulfide) groups is 1. The second-order valence-electron chi connectivity index (χ2n) is 5.06. The van der Waals surface area contributed by atoms with E-state index >= 15 is 0 Å². The first-order chi connectivity index (χ1) is 10.5. The van der Waals surface area contributed by atoms with E-state index in [2.05, 4.69) is 63.4 Å². The van der Waals surface area contributed by atoms with Crippen molar-refractivity contribution in [3.8, 4) is 0 Å². The number of hydrogen-bond donors (Lipinski definition) is 1. The van der Waals surface area contributed by atoms with Gasteiger partial charge in [-0.25, -0.2) is 0 Å². The smallest absolute Gasteiger partial charge is 0.234 e. The van der Waals surface area contributed by atoms with Crippen LogP contribution >= 0.6 is 34.4 Å². The van der Waals surface area contributed by atoms with Crippen LogP contribution in [0.5, 0.6) is 0 Å². The molecular weight excluding hydrogens is 411 g/mol. The quantitative estimate of drug-likeness (QED) is 0.560. The molecule has 1 aromatic heterocycles. The van der Waals surface area contributed by atoms with Crippen LogP contribution in [0.25, 0.3) is 0 Å². The van der Waals surface area contributed by atoms with Crippen molar-refractivity contribution in [3.05, 3.63) is 33.7 Å². The molecule has 7 heteroatoms. The number of benzene rings is 1. The minimum atomic E-state index is -0.0362. The topological polar surface area (TPSA) is 59.8 Å². The van der Waals surface area contributed by atoms with Crippen LogP contribution in [-0.2, 0) is 11.3 Å². The van der Waals surface area contributed by atoms with Crippen molar-refractivity contribution in [2.45, 2.75) is 38.4 Å². The molecule has 1 heterocycles. The van der Waals surface area contributed by atoms with Crippen molar-refractivity contribution in [2.24, 2.45) is 0 Å². The number of amides is 1. The molecule has 0 aliphatic heterocycles. The van der Waals surface area contributed by atoms with E-state index in [4.69, 9.17) is 0 Å². The van der Waals surface area contributed by atoms with Crippen LogP contribution in [0.4, 0.5) is 5.69 Å². The number of rotatable bonds is 6. The van der Waals surface area contributed by atoms with Crippen LogP contribution in [-0.4, -0.2) is 26.4 Å². The highest BCUT2D eigenvalue weighted by atomic mass is 127. The Morgan fingerprint density at radius 2 is 2.09 bits per heavy atom. The minimum Gasteiger partial charge on any atom is -0.324 e. The van der Waals surface area contributed by atoms with E-state index < -0.39 is 0 Å². The molecule has 0 unspecified atom stereocenters. The molecule has 0 aliphatic rings. The molecule has 0 saturated carbocycles. The zero-order valence-corrected chi connectivity index (χ0v) is 15.8. The number of carbonyl (C=O) groups excluding carboxylic acids is 1. The lowest BCUT2D eigenvalue weighted by atomic mass is 10.2. The fourth-order valence-electron chi connectivity index (χ4n) is 2.01. The summed E-state index contributed by atoms with van der Waals surface area (Å²) in [4.78, 5) is 12.1. The first-order valence-electron chi connectivity index (χ1n) is 7.13. The lowest BCUT2D eigenvalue weighted by Gasteiger charge is -2.09. The molecule has 0 saturated heterocycles. The summed E-state index contributed by atoms with van der Waals surface area (Å²) >= 11 is 3.63. The number of halogens is 1. The highest BCUT2D eigenvalue weighted by Gasteiger charge is 2.15. The lowest BCUT2D eigenvalue weighted by Crippen LogP contribution is -2.15. The molecule has 0 bridgehead atoms. The Morgan fingerprint density at radius 3 is 2.73 bits per heavy atom. The van der Waals surface area contributed by atoms with Crippen molar-refractivity contribution in [1.29, 1.82) is 0 Å². The van der Waals surface area contributed by atoms with Crippen LogP contribution in [0.3, 0.4) is 0 Å². The van der Waals surface area contributed by atoms with E-state index in [1.807, 2.05) is 24.3 Å². The first kappa shape index (κ1) is 17.3. The SMILES string of the molecule is CCn1c(SCC(=O)Nc2ccccc2I)nnc1C(C)C. The van der Waals surface area contributed by atoms with Crippen molar-refractivity contribution >= 4 is 45.9 Å². The Balaban J connectivity index is 1.98. The number of anilines is 1. The van der Waals surface area contributed by atoms with E-state index in [0.29, 0.717) is 11.7 Å². The maximum Gasteiger partial charge on any atom is 0.234 e. The van der Waals surface area contributed by atoms with E-state index in [-0.39, 0.29) is 5.91 Å². The van der Waals surface area contributed by atoms with E-state index in [1.54, 1.807) is 0 Å². The standard InChI is InChI=1S/C15H19IN4OS/c1-4-20-14(10(2)3)18-19-15(20)22-9-13(21)17-12-8-6-5-7-11(12)16/h5-8,10H,4,9H2,1-3H3,(H,17,21). The normalized spacial score (nSPS) is 11.0. The molecule has 1 N–H and O–H groups in total. The van der Waals surface area contributed by atoms with Gasteiger partial charge in [-0.05, 0) is 41.6 Å². The number of hydrogen-bond acceptors (Lipinski definition) is 4. The third-order valence-electron chi connectivity index (χ3n) is 3.06. The van der Waals surface area contributed by atoms with E-state index in [9.17, 15) is 4.79 Å².